The quantitative estimate of drug-likeness (QED) is 0.740. The molecule has 0 aliphatic carbocycles. The van der Waals surface area contributed by atoms with E-state index in [4.69, 9.17) is 11.0 Å². The van der Waals surface area contributed by atoms with Gasteiger partial charge in [0, 0.05) is 5.56 Å². The number of nitrogens with two attached hydrogens (primary N) is 1. The van der Waals surface area contributed by atoms with Crippen LogP contribution in [-0.2, 0) is 0 Å². The number of aliphatic hydroxyl groups excluding tert-OH is 1. The Balaban J connectivity index is 3.17. The summed E-state index contributed by atoms with van der Waals surface area (Å²) in [6.45, 7) is 1.48. The molecular weight excluding hydrogens is 183 g/mol. The molecule has 3 N–H and O–H groups in total. The van der Waals surface area contributed by atoms with E-state index in [0.29, 0.717) is 0 Å². The second-order valence-corrected chi connectivity index (χ2v) is 3.09. The third-order valence-corrected chi connectivity index (χ3v) is 2.03. The first-order valence-corrected chi connectivity index (χ1v) is 4.20. The largest absolute Gasteiger partial charge is 0.391 e. The highest BCUT2D eigenvalue weighted by atomic mass is 19.1. The Hall–Kier alpha value is -1.44. The summed E-state index contributed by atoms with van der Waals surface area (Å²) in [5, 5.41) is 17.8. The maximum Gasteiger partial charge on any atom is 0.145 e. The van der Waals surface area contributed by atoms with Crippen LogP contribution in [0.5, 0.6) is 0 Å². The summed E-state index contributed by atoms with van der Waals surface area (Å²) in [5.74, 6) is -0.650. The number of aliphatic hydroxyl groups is 1. The molecule has 0 aliphatic rings. The molecule has 4 heteroatoms. The number of hydrogen-bond donors (Lipinski definition) is 2. The van der Waals surface area contributed by atoms with E-state index in [-0.39, 0.29) is 11.1 Å². The molecule has 0 aromatic heterocycles. The number of benzene rings is 1. The Morgan fingerprint density at radius 1 is 1.57 bits per heavy atom. The number of nitriles is 1. The van der Waals surface area contributed by atoms with E-state index in [0.717, 1.165) is 0 Å². The second-order valence-electron chi connectivity index (χ2n) is 3.09. The smallest absolute Gasteiger partial charge is 0.145 e. The Morgan fingerprint density at radius 3 is 2.71 bits per heavy atom. The van der Waals surface area contributed by atoms with Gasteiger partial charge in [-0.25, -0.2) is 4.39 Å². The van der Waals surface area contributed by atoms with Gasteiger partial charge >= 0.3 is 0 Å². The molecule has 3 nitrogen and oxygen atoms in total. The van der Waals surface area contributed by atoms with Crippen LogP contribution in [0.2, 0.25) is 0 Å². The molecule has 1 rings (SSSR count). The molecule has 0 radical (unpaired) electrons. The molecular formula is C10H11FN2O. The van der Waals surface area contributed by atoms with Crippen LogP contribution in [0.1, 0.15) is 24.1 Å². The SMILES string of the molecule is C[C@H](O)[C@@H](N)c1cccc(C#N)c1F. The molecule has 74 valence electrons. The van der Waals surface area contributed by atoms with E-state index in [1.807, 2.05) is 0 Å². The molecule has 0 aliphatic heterocycles. The highest BCUT2D eigenvalue weighted by Gasteiger charge is 2.17. The van der Waals surface area contributed by atoms with Crippen LogP contribution in [0.15, 0.2) is 18.2 Å². The average molecular weight is 194 g/mol. The topological polar surface area (TPSA) is 70.0 Å². The zero-order valence-electron chi connectivity index (χ0n) is 7.74. The van der Waals surface area contributed by atoms with E-state index in [2.05, 4.69) is 0 Å². The van der Waals surface area contributed by atoms with Crippen LogP contribution in [0.4, 0.5) is 4.39 Å². The number of halogens is 1. The van der Waals surface area contributed by atoms with E-state index in [1.165, 1.54) is 19.1 Å². The van der Waals surface area contributed by atoms with E-state index in [1.54, 1.807) is 12.1 Å². The van der Waals surface area contributed by atoms with Crippen molar-refractivity contribution in [2.24, 2.45) is 5.73 Å². The number of nitrogens with zero attached hydrogens (tertiary/aromatic N) is 1. The summed E-state index contributed by atoms with van der Waals surface area (Å²) in [6, 6.07) is 5.29. The van der Waals surface area contributed by atoms with Crippen molar-refractivity contribution in [2.45, 2.75) is 19.1 Å². The predicted octanol–water partition coefficient (Wildman–Crippen LogP) is 1.08. The summed E-state index contributed by atoms with van der Waals surface area (Å²) >= 11 is 0. The van der Waals surface area contributed by atoms with Gasteiger partial charge in [-0.3, -0.25) is 0 Å². The Labute approximate surface area is 81.6 Å². The minimum atomic E-state index is -0.849. The highest BCUT2D eigenvalue weighted by molar-refractivity contribution is 5.36. The molecule has 2 atom stereocenters. The summed E-state index contributed by atoms with van der Waals surface area (Å²) in [6.07, 6.45) is -0.849. The van der Waals surface area contributed by atoms with Gasteiger partial charge in [-0.1, -0.05) is 12.1 Å². The van der Waals surface area contributed by atoms with Crippen molar-refractivity contribution in [3.8, 4) is 6.07 Å². The first kappa shape index (κ1) is 10.6. The molecule has 1 aromatic carbocycles. The first-order chi connectivity index (χ1) is 6.57. The molecule has 14 heavy (non-hydrogen) atoms. The van der Waals surface area contributed by atoms with Crippen molar-refractivity contribution in [3.05, 3.63) is 35.1 Å². The lowest BCUT2D eigenvalue weighted by Gasteiger charge is -2.15. The first-order valence-electron chi connectivity index (χ1n) is 4.20. The van der Waals surface area contributed by atoms with Crippen molar-refractivity contribution >= 4 is 0 Å². The van der Waals surface area contributed by atoms with Crippen LogP contribution < -0.4 is 5.73 Å². The zero-order chi connectivity index (χ0) is 10.7. The summed E-state index contributed by atoms with van der Waals surface area (Å²) in [4.78, 5) is 0. The molecule has 0 bridgehead atoms. The molecule has 0 spiro atoms. The van der Waals surface area contributed by atoms with Crippen molar-refractivity contribution in [3.63, 3.8) is 0 Å². The molecule has 0 saturated heterocycles. The van der Waals surface area contributed by atoms with Crippen LogP contribution in [-0.4, -0.2) is 11.2 Å². The normalized spacial score (nSPS) is 14.5. The average Bonchev–Trinajstić information content (AvgIpc) is 2.17. The van der Waals surface area contributed by atoms with Gasteiger partial charge in [-0.2, -0.15) is 5.26 Å². The van der Waals surface area contributed by atoms with Gasteiger partial charge < -0.3 is 10.8 Å². The lowest BCUT2D eigenvalue weighted by molar-refractivity contribution is 0.162. The minimum Gasteiger partial charge on any atom is -0.391 e. The predicted molar refractivity (Wildman–Crippen MR) is 49.7 cm³/mol. The lowest BCUT2D eigenvalue weighted by atomic mass is 10.0. The van der Waals surface area contributed by atoms with E-state index in [9.17, 15) is 9.50 Å². The third-order valence-electron chi connectivity index (χ3n) is 2.03. The van der Waals surface area contributed by atoms with Gasteiger partial charge in [0.15, 0.2) is 0 Å². The van der Waals surface area contributed by atoms with E-state index < -0.39 is 18.0 Å². The Bertz CT molecular complexity index is 371. The van der Waals surface area contributed by atoms with E-state index >= 15 is 0 Å². The molecule has 1 aromatic rings. The van der Waals surface area contributed by atoms with Gasteiger partial charge in [0.2, 0.25) is 0 Å². The molecule has 0 amide bonds. The number of rotatable bonds is 2. The fraction of sp³-hybridized carbons (Fsp3) is 0.300. The Kier molecular flexibility index (Phi) is 3.18. The van der Waals surface area contributed by atoms with Gasteiger partial charge in [-0.05, 0) is 13.0 Å². The van der Waals surface area contributed by atoms with Crippen LogP contribution >= 0.6 is 0 Å². The standard InChI is InChI=1S/C10H11FN2O/c1-6(14)10(13)8-4-2-3-7(5-12)9(8)11/h2-4,6,10,14H,13H2,1H3/t6-,10+/m0/s1. The van der Waals surface area contributed by atoms with Crippen LogP contribution in [0.3, 0.4) is 0 Å². The summed E-state index contributed by atoms with van der Waals surface area (Å²) in [5.41, 5.74) is 5.67. The second kappa shape index (κ2) is 4.18. The monoisotopic (exact) mass is 194 g/mol. The van der Waals surface area contributed by atoms with Crippen LogP contribution in [0.25, 0.3) is 0 Å². The lowest BCUT2D eigenvalue weighted by Crippen LogP contribution is -2.24. The number of hydrogen-bond acceptors (Lipinski definition) is 3. The maximum absolute atomic E-state index is 13.5. The van der Waals surface area contributed by atoms with Crippen molar-refractivity contribution in [1.29, 1.82) is 5.26 Å². The highest BCUT2D eigenvalue weighted by Crippen LogP contribution is 2.20. The molecule has 0 fully saturated rings. The van der Waals surface area contributed by atoms with Crippen molar-refractivity contribution in [2.75, 3.05) is 0 Å². The van der Waals surface area contributed by atoms with Gasteiger partial charge in [0.05, 0.1) is 17.7 Å². The third kappa shape index (κ3) is 1.90. The summed E-state index contributed by atoms with van der Waals surface area (Å²) in [7, 11) is 0. The zero-order valence-corrected chi connectivity index (χ0v) is 7.74. The van der Waals surface area contributed by atoms with Crippen molar-refractivity contribution in [1.82, 2.24) is 0 Å². The fourth-order valence-electron chi connectivity index (χ4n) is 1.15. The van der Waals surface area contributed by atoms with Crippen molar-refractivity contribution < 1.29 is 9.50 Å². The van der Waals surface area contributed by atoms with Gasteiger partial charge in [-0.15, -0.1) is 0 Å². The maximum atomic E-state index is 13.5. The Morgan fingerprint density at radius 2 is 2.21 bits per heavy atom. The molecule has 0 heterocycles. The molecule has 0 saturated carbocycles. The molecule has 0 unspecified atom stereocenters. The fourth-order valence-corrected chi connectivity index (χ4v) is 1.15. The minimum absolute atomic E-state index is 0.0569. The van der Waals surface area contributed by atoms with Gasteiger partial charge in [0.1, 0.15) is 11.9 Å². The van der Waals surface area contributed by atoms with Crippen LogP contribution in [0, 0.1) is 17.1 Å². The summed E-state index contributed by atoms with van der Waals surface area (Å²) < 4.78 is 13.5. The van der Waals surface area contributed by atoms with Gasteiger partial charge in [0.25, 0.3) is 0 Å².